The second-order valence-electron chi connectivity index (χ2n) is 17.2. The van der Waals surface area contributed by atoms with Crippen molar-refractivity contribution in [1.82, 2.24) is 0 Å². The van der Waals surface area contributed by atoms with Crippen LogP contribution in [0.25, 0.3) is 0 Å². The quantitative estimate of drug-likeness (QED) is 0.0374. The zero-order valence-corrected chi connectivity index (χ0v) is 42.0. The van der Waals surface area contributed by atoms with E-state index in [4.69, 9.17) is 9.47 Å². The van der Waals surface area contributed by atoms with Crippen LogP contribution >= 0.6 is 0 Å². The predicted molar refractivity (Wildman–Crippen MR) is 283 cm³/mol. The van der Waals surface area contributed by atoms with E-state index in [2.05, 4.69) is 135 Å². The molecule has 0 fully saturated rings. The number of esters is 2. The minimum atomic E-state index is -0.788. The Kier molecular flexibility index (Phi) is 51.5. The molecule has 0 bridgehead atoms. The van der Waals surface area contributed by atoms with Gasteiger partial charge in [0.15, 0.2) is 6.10 Å². The Bertz CT molecular complexity index is 1340. The zero-order valence-electron chi connectivity index (χ0n) is 42.0. The van der Waals surface area contributed by atoms with Gasteiger partial charge in [0, 0.05) is 12.8 Å². The molecule has 1 unspecified atom stereocenters. The number of hydrogen-bond donors (Lipinski definition) is 1. The largest absolute Gasteiger partial charge is 0.462 e. The normalized spacial score (nSPS) is 13.2. The van der Waals surface area contributed by atoms with Crippen molar-refractivity contribution >= 4 is 11.9 Å². The van der Waals surface area contributed by atoms with Gasteiger partial charge in [0.1, 0.15) is 6.61 Å². The third-order valence-electron chi connectivity index (χ3n) is 11.0. The Labute approximate surface area is 401 Å². The molecule has 5 heteroatoms. The first-order chi connectivity index (χ1) is 32.1. The Morgan fingerprint density at radius 1 is 0.369 bits per heavy atom. The van der Waals surface area contributed by atoms with E-state index in [0.717, 1.165) is 103 Å². The zero-order chi connectivity index (χ0) is 47.0. The molecule has 0 aromatic rings. The SMILES string of the molecule is CC/C=C\C/C=C\C/C=C\C/C=C\C/C=C\C/C=C\C/C=C\C/C=C\CCCCCCCCCCCCC(=O)OC(CO)COC(=O)CCCCCCC/C=C\C/C=C\CCCCCC. The van der Waals surface area contributed by atoms with E-state index >= 15 is 0 Å². The average molecular weight is 899 g/mol. The standard InChI is InChI=1S/C60H98O5/c1-3-5-7-9-11-13-15-17-19-21-22-23-24-25-26-27-28-29-30-31-32-33-34-35-36-37-38-39-41-43-45-47-49-51-53-55-60(63)65-58(56-61)57-64-59(62)54-52-50-48-46-44-42-40-20-18-16-14-12-10-8-6-4-2/h5,7,11,13-14,16-17,19-20,22-23,25-26,28-29,31-32,34-35,40,58,61H,3-4,6,8-10,12,15,18,21,24,27,30,33,36-39,41-57H2,1-2H3/b7-5-,13-11-,16-14-,19-17-,23-22-,26-25-,29-28-,32-31-,35-34-,40-20-. The lowest BCUT2D eigenvalue weighted by atomic mass is 10.0. The summed E-state index contributed by atoms with van der Waals surface area (Å²) in [6, 6.07) is 0. The molecule has 0 aliphatic rings. The van der Waals surface area contributed by atoms with Crippen LogP contribution in [0.2, 0.25) is 0 Å². The van der Waals surface area contributed by atoms with Crippen LogP contribution in [0, 0.1) is 0 Å². The molecule has 65 heavy (non-hydrogen) atoms. The number of unbranched alkanes of at least 4 members (excludes halogenated alkanes) is 19. The minimum Gasteiger partial charge on any atom is -0.462 e. The first-order valence-corrected chi connectivity index (χ1v) is 26.6. The fourth-order valence-electron chi connectivity index (χ4n) is 7.01. The van der Waals surface area contributed by atoms with E-state index in [-0.39, 0.29) is 25.2 Å². The summed E-state index contributed by atoms with van der Waals surface area (Å²) in [5.41, 5.74) is 0. The summed E-state index contributed by atoms with van der Waals surface area (Å²) in [5.74, 6) is -0.617. The molecule has 0 amide bonds. The second-order valence-corrected chi connectivity index (χ2v) is 17.2. The van der Waals surface area contributed by atoms with E-state index in [1.54, 1.807) is 0 Å². The van der Waals surface area contributed by atoms with E-state index in [0.29, 0.717) is 12.8 Å². The van der Waals surface area contributed by atoms with Gasteiger partial charge in [-0.2, -0.15) is 0 Å². The van der Waals surface area contributed by atoms with Crippen molar-refractivity contribution in [3.8, 4) is 0 Å². The number of hydrogen-bond acceptors (Lipinski definition) is 5. The van der Waals surface area contributed by atoms with Gasteiger partial charge in [-0.15, -0.1) is 0 Å². The highest BCUT2D eigenvalue weighted by molar-refractivity contribution is 5.70. The molecule has 368 valence electrons. The number of ether oxygens (including phenoxy) is 2. The van der Waals surface area contributed by atoms with E-state index < -0.39 is 6.10 Å². The van der Waals surface area contributed by atoms with Gasteiger partial charge in [-0.3, -0.25) is 9.59 Å². The molecule has 0 radical (unpaired) electrons. The van der Waals surface area contributed by atoms with Crippen LogP contribution < -0.4 is 0 Å². The molecule has 0 saturated carbocycles. The van der Waals surface area contributed by atoms with Gasteiger partial charge in [0.25, 0.3) is 0 Å². The van der Waals surface area contributed by atoms with Crippen molar-refractivity contribution in [3.63, 3.8) is 0 Å². The molecule has 0 saturated heterocycles. The lowest BCUT2D eigenvalue weighted by Gasteiger charge is -2.15. The maximum Gasteiger partial charge on any atom is 0.306 e. The summed E-state index contributed by atoms with van der Waals surface area (Å²) in [7, 11) is 0. The molecule has 0 rings (SSSR count). The molecule has 5 nitrogen and oxygen atoms in total. The fourth-order valence-corrected chi connectivity index (χ4v) is 7.01. The monoisotopic (exact) mass is 899 g/mol. The smallest absolute Gasteiger partial charge is 0.306 e. The molecular formula is C60H98O5. The van der Waals surface area contributed by atoms with Crippen molar-refractivity contribution in [2.24, 2.45) is 0 Å². The maximum absolute atomic E-state index is 12.3. The van der Waals surface area contributed by atoms with Crippen molar-refractivity contribution in [2.45, 2.75) is 232 Å². The number of aliphatic hydroxyl groups is 1. The first-order valence-electron chi connectivity index (χ1n) is 26.6. The Morgan fingerprint density at radius 2 is 0.662 bits per heavy atom. The number of carbonyl (C=O) groups excluding carboxylic acids is 2. The van der Waals surface area contributed by atoms with Crippen LogP contribution in [0.1, 0.15) is 226 Å². The van der Waals surface area contributed by atoms with Crippen molar-refractivity contribution < 1.29 is 24.2 Å². The van der Waals surface area contributed by atoms with E-state index in [1.807, 2.05) is 0 Å². The third-order valence-corrected chi connectivity index (χ3v) is 11.0. The van der Waals surface area contributed by atoms with Crippen molar-refractivity contribution in [2.75, 3.05) is 13.2 Å². The summed E-state index contributed by atoms with van der Waals surface area (Å²) >= 11 is 0. The molecule has 0 heterocycles. The van der Waals surface area contributed by atoms with Gasteiger partial charge < -0.3 is 14.6 Å². The number of allylic oxidation sites excluding steroid dienone is 20. The highest BCUT2D eigenvalue weighted by atomic mass is 16.6. The lowest BCUT2D eigenvalue weighted by Crippen LogP contribution is -2.28. The minimum absolute atomic E-state index is 0.0808. The van der Waals surface area contributed by atoms with Gasteiger partial charge >= 0.3 is 11.9 Å². The average Bonchev–Trinajstić information content (AvgIpc) is 3.31. The Morgan fingerprint density at radius 3 is 1.00 bits per heavy atom. The number of carbonyl (C=O) groups is 2. The predicted octanol–water partition coefficient (Wildman–Crippen LogP) is 17.9. The van der Waals surface area contributed by atoms with Gasteiger partial charge in [-0.1, -0.05) is 225 Å². The van der Waals surface area contributed by atoms with Gasteiger partial charge in [-0.05, 0) is 109 Å². The fraction of sp³-hybridized carbons (Fsp3) is 0.633. The van der Waals surface area contributed by atoms with Crippen LogP contribution in [0.5, 0.6) is 0 Å². The Hall–Kier alpha value is -3.70. The van der Waals surface area contributed by atoms with Crippen LogP contribution in [-0.2, 0) is 19.1 Å². The van der Waals surface area contributed by atoms with Crippen LogP contribution in [0.15, 0.2) is 122 Å². The van der Waals surface area contributed by atoms with E-state index in [1.165, 1.54) is 96.3 Å². The number of rotatable bonds is 47. The molecule has 0 aromatic heterocycles. The molecular weight excluding hydrogens is 801 g/mol. The highest BCUT2D eigenvalue weighted by Gasteiger charge is 2.16. The van der Waals surface area contributed by atoms with Crippen LogP contribution in [0.4, 0.5) is 0 Å². The summed E-state index contributed by atoms with van der Waals surface area (Å²) in [6.07, 6.45) is 80.1. The lowest BCUT2D eigenvalue weighted by molar-refractivity contribution is -0.161. The molecule has 0 spiro atoms. The van der Waals surface area contributed by atoms with Crippen LogP contribution in [0.3, 0.4) is 0 Å². The summed E-state index contributed by atoms with van der Waals surface area (Å²) < 4.78 is 10.7. The number of aliphatic hydroxyl groups excluding tert-OH is 1. The summed E-state index contributed by atoms with van der Waals surface area (Å²) in [4.78, 5) is 24.4. The van der Waals surface area contributed by atoms with Crippen LogP contribution in [-0.4, -0.2) is 36.4 Å². The maximum atomic E-state index is 12.3. The summed E-state index contributed by atoms with van der Waals surface area (Å²) in [5, 5.41) is 9.62. The van der Waals surface area contributed by atoms with Gasteiger partial charge in [-0.25, -0.2) is 0 Å². The molecule has 0 aromatic carbocycles. The molecule has 1 atom stereocenters. The van der Waals surface area contributed by atoms with Crippen molar-refractivity contribution in [1.29, 1.82) is 0 Å². The first kappa shape index (κ1) is 61.3. The van der Waals surface area contributed by atoms with E-state index in [9.17, 15) is 14.7 Å². The second kappa shape index (κ2) is 54.6. The highest BCUT2D eigenvalue weighted by Crippen LogP contribution is 2.14. The molecule has 1 N–H and O–H groups in total. The topological polar surface area (TPSA) is 72.8 Å². The summed E-state index contributed by atoms with van der Waals surface area (Å²) in [6.45, 7) is 3.99. The molecule has 0 aliphatic heterocycles. The Balaban J connectivity index is 3.59. The van der Waals surface area contributed by atoms with Gasteiger partial charge in [0.2, 0.25) is 0 Å². The van der Waals surface area contributed by atoms with Gasteiger partial charge in [0.05, 0.1) is 6.61 Å². The molecule has 0 aliphatic carbocycles. The third kappa shape index (κ3) is 52.8. The van der Waals surface area contributed by atoms with Crippen molar-refractivity contribution in [3.05, 3.63) is 122 Å².